The van der Waals surface area contributed by atoms with Crippen LogP contribution in [0.1, 0.15) is 24.0 Å². The van der Waals surface area contributed by atoms with Crippen molar-refractivity contribution in [3.63, 3.8) is 0 Å². The molecule has 0 unspecified atom stereocenters. The third-order valence-electron chi connectivity index (χ3n) is 3.82. The molecule has 2 atom stereocenters. The second kappa shape index (κ2) is 5.87. The summed E-state index contributed by atoms with van der Waals surface area (Å²) >= 11 is 0. The standard InChI is InChI=1S/C19H18O3/c1-19(21)13-12-16(20)18(22-19)17(14-8-4-2-5-9-14)15-10-6-3-7-11-15/h2-13,17-18,21H,1H3/t18-,19+/m1/s1. The molecule has 0 radical (unpaired) electrons. The van der Waals surface area contributed by atoms with Crippen LogP contribution in [0.5, 0.6) is 0 Å². The van der Waals surface area contributed by atoms with Crippen LogP contribution in [0, 0.1) is 0 Å². The third-order valence-corrected chi connectivity index (χ3v) is 3.82. The van der Waals surface area contributed by atoms with Crippen molar-refractivity contribution in [2.24, 2.45) is 0 Å². The second-order valence-electron chi connectivity index (χ2n) is 5.63. The fraction of sp³-hybridized carbons (Fsp3) is 0.211. The molecule has 1 aliphatic heterocycles. The van der Waals surface area contributed by atoms with Gasteiger partial charge in [0.2, 0.25) is 0 Å². The highest BCUT2D eigenvalue weighted by Crippen LogP contribution is 2.34. The molecule has 1 aliphatic rings. The van der Waals surface area contributed by atoms with Gasteiger partial charge in [0.05, 0.1) is 0 Å². The minimum absolute atomic E-state index is 0.135. The average molecular weight is 294 g/mol. The first-order chi connectivity index (χ1) is 10.6. The Bertz CT molecular complexity index is 635. The zero-order valence-electron chi connectivity index (χ0n) is 12.3. The highest BCUT2D eigenvalue weighted by molar-refractivity contribution is 5.95. The van der Waals surface area contributed by atoms with E-state index in [1.54, 1.807) is 0 Å². The summed E-state index contributed by atoms with van der Waals surface area (Å²) in [5.74, 6) is -1.82. The van der Waals surface area contributed by atoms with Crippen molar-refractivity contribution in [3.8, 4) is 0 Å². The number of hydrogen-bond donors (Lipinski definition) is 1. The summed E-state index contributed by atoms with van der Waals surface area (Å²) in [4.78, 5) is 12.3. The summed E-state index contributed by atoms with van der Waals surface area (Å²) in [5.41, 5.74) is 1.97. The van der Waals surface area contributed by atoms with Gasteiger partial charge in [0.1, 0.15) is 6.10 Å². The maximum atomic E-state index is 12.3. The van der Waals surface area contributed by atoms with Crippen LogP contribution in [0.4, 0.5) is 0 Å². The van der Waals surface area contributed by atoms with E-state index in [1.165, 1.54) is 19.1 Å². The lowest BCUT2D eigenvalue weighted by atomic mass is 9.83. The lowest BCUT2D eigenvalue weighted by Crippen LogP contribution is -2.43. The Balaban J connectivity index is 2.07. The van der Waals surface area contributed by atoms with E-state index in [9.17, 15) is 9.90 Å². The molecule has 22 heavy (non-hydrogen) atoms. The lowest BCUT2D eigenvalue weighted by molar-refractivity contribution is -0.195. The first-order valence-electron chi connectivity index (χ1n) is 7.30. The number of rotatable bonds is 3. The van der Waals surface area contributed by atoms with Gasteiger partial charge < -0.3 is 9.84 Å². The van der Waals surface area contributed by atoms with Crippen LogP contribution in [0.25, 0.3) is 0 Å². The molecular formula is C19H18O3. The van der Waals surface area contributed by atoms with Crippen LogP contribution in [0.2, 0.25) is 0 Å². The van der Waals surface area contributed by atoms with Gasteiger partial charge in [-0.1, -0.05) is 60.7 Å². The number of aliphatic hydroxyl groups is 1. The molecule has 0 saturated heterocycles. The van der Waals surface area contributed by atoms with E-state index in [0.717, 1.165) is 11.1 Å². The summed E-state index contributed by atoms with van der Waals surface area (Å²) < 4.78 is 5.68. The molecule has 0 saturated carbocycles. The summed E-state index contributed by atoms with van der Waals surface area (Å²) in [6.07, 6.45) is 2.05. The van der Waals surface area contributed by atoms with Crippen LogP contribution < -0.4 is 0 Å². The predicted octanol–water partition coefficient (Wildman–Crippen LogP) is 3.05. The Morgan fingerprint density at radius 1 is 1.00 bits per heavy atom. The fourth-order valence-electron chi connectivity index (χ4n) is 2.78. The zero-order valence-corrected chi connectivity index (χ0v) is 12.3. The van der Waals surface area contributed by atoms with Crippen LogP contribution in [0.15, 0.2) is 72.8 Å². The first-order valence-corrected chi connectivity index (χ1v) is 7.30. The van der Waals surface area contributed by atoms with Crippen molar-refractivity contribution >= 4 is 5.78 Å². The van der Waals surface area contributed by atoms with Gasteiger partial charge in [0.15, 0.2) is 11.6 Å². The molecule has 0 aliphatic carbocycles. The monoisotopic (exact) mass is 294 g/mol. The Labute approximate surface area is 129 Å². The quantitative estimate of drug-likeness (QED) is 0.946. The van der Waals surface area contributed by atoms with Gasteiger partial charge in [-0.2, -0.15) is 0 Å². The van der Waals surface area contributed by atoms with Crippen molar-refractivity contribution in [3.05, 3.63) is 83.9 Å². The van der Waals surface area contributed by atoms with E-state index < -0.39 is 11.9 Å². The summed E-state index contributed by atoms with van der Waals surface area (Å²) in [7, 11) is 0. The molecule has 0 bridgehead atoms. The van der Waals surface area contributed by atoms with Crippen molar-refractivity contribution in [1.82, 2.24) is 0 Å². The highest BCUT2D eigenvalue weighted by Gasteiger charge is 2.38. The number of benzene rings is 2. The topological polar surface area (TPSA) is 46.5 Å². The molecule has 3 rings (SSSR count). The summed E-state index contributed by atoms with van der Waals surface area (Å²) in [6.45, 7) is 1.54. The Morgan fingerprint density at radius 3 is 2.00 bits per heavy atom. The van der Waals surface area contributed by atoms with E-state index in [4.69, 9.17) is 4.74 Å². The third kappa shape index (κ3) is 3.01. The molecule has 2 aromatic rings. The number of ketones is 1. The fourth-order valence-corrected chi connectivity index (χ4v) is 2.78. The minimum Gasteiger partial charge on any atom is -0.362 e. The van der Waals surface area contributed by atoms with Crippen molar-refractivity contribution in [1.29, 1.82) is 0 Å². The van der Waals surface area contributed by atoms with Gasteiger partial charge in [-0.3, -0.25) is 4.79 Å². The zero-order chi connectivity index (χ0) is 15.6. The van der Waals surface area contributed by atoms with Gasteiger partial charge in [-0.05, 0) is 30.2 Å². The highest BCUT2D eigenvalue weighted by atomic mass is 16.6. The van der Waals surface area contributed by atoms with Gasteiger partial charge >= 0.3 is 0 Å². The van der Waals surface area contributed by atoms with Crippen LogP contribution in [0.3, 0.4) is 0 Å². The minimum atomic E-state index is -1.43. The molecule has 3 heteroatoms. The predicted molar refractivity (Wildman–Crippen MR) is 84.4 cm³/mol. The van der Waals surface area contributed by atoms with Crippen LogP contribution >= 0.6 is 0 Å². The van der Waals surface area contributed by atoms with Gasteiger partial charge in [-0.15, -0.1) is 0 Å². The molecule has 0 fully saturated rings. The number of carbonyl (C=O) groups is 1. The molecule has 2 aromatic carbocycles. The van der Waals surface area contributed by atoms with Crippen LogP contribution in [-0.2, 0) is 9.53 Å². The second-order valence-corrected chi connectivity index (χ2v) is 5.63. The van der Waals surface area contributed by atoms with E-state index >= 15 is 0 Å². The Hall–Kier alpha value is -2.23. The normalized spacial score (nSPS) is 24.7. The summed E-state index contributed by atoms with van der Waals surface area (Å²) in [5, 5.41) is 10.1. The van der Waals surface area contributed by atoms with Crippen molar-refractivity contribution < 1.29 is 14.6 Å². The molecule has 1 N–H and O–H groups in total. The molecule has 1 heterocycles. The van der Waals surface area contributed by atoms with Crippen LogP contribution in [-0.4, -0.2) is 22.8 Å². The number of carbonyl (C=O) groups excluding carboxylic acids is 1. The SMILES string of the molecule is C[C@@]1(O)C=CC(=O)[C@H](C(c2ccccc2)c2ccccc2)O1. The smallest absolute Gasteiger partial charge is 0.185 e. The number of ether oxygens (including phenoxy) is 1. The van der Waals surface area contributed by atoms with E-state index in [0.29, 0.717) is 0 Å². The maximum Gasteiger partial charge on any atom is 0.185 e. The van der Waals surface area contributed by atoms with Gasteiger partial charge in [0.25, 0.3) is 0 Å². The molecule has 0 aromatic heterocycles. The molecule has 0 amide bonds. The van der Waals surface area contributed by atoms with Gasteiger partial charge in [0, 0.05) is 5.92 Å². The first kappa shape index (κ1) is 14.7. The molecule has 112 valence electrons. The van der Waals surface area contributed by atoms with E-state index in [2.05, 4.69) is 0 Å². The van der Waals surface area contributed by atoms with E-state index in [1.807, 2.05) is 60.7 Å². The largest absolute Gasteiger partial charge is 0.362 e. The van der Waals surface area contributed by atoms with Crippen molar-refractivity contribution in [2.45, 2.75) is 24.7 Å². The molecular weight excluding hydrogens is 276 g/mol. The molecule has 0 spiro atoms. The Morgan fingerprint density at radius 2 is 1.50 bits per heavy atom. The summed E-state index contributed by atoms with van der Waals surface area (Å²) in [6, 6.07) is 19.5. The van der Waals surface area contributed by atoms with E-state index in [-0.39, 0.29) is 11.7 Å². The Kier molecular flexibility index (Phi) is 3.92. The maximum absolute atomic E-state index is 12.3. The van der Waals surface area contributed by atoms with Crippen molar-refractivity contribution in [2.75, 3.05) is 0 Å². The average Bonchev–Trinajstić information content (AvgIpc) is 2.53. The lowest BCUT2D eigenvalue weighted by Gasteiger charge is -2.34. The number of hydrogen-bond acceptors (Lipinski definition) is 3. The van der Waals surface area contributed by atoms with Gasteiger partial charge in [-0.25, -0.2) is 0 Å². The molecule has 3 nitrogen and oxygen atoms in total.